The Kier molecular flexibility index (Phi) is 6.44. The van der Waals surface area contributed by atoms with Crippen LogP contribution in [-0.2, 0) is 39.3 Å². The first-order valence-corrected chi connectivity index (χ1v) is 13.0. The van der Waals surface area contributed by atoms with Crippen LogP contribution in [0.25, 0.3) is 0 Å². The van der Waals surface area contributed by atoms with Gasteiger partial charge in [-0.3, -0.25) is 4.79 Å². The molecule has 10 nitrogen and oxygen atoms in total. The summed E-state index contributed by atoms with van der Waals surface area (Å²) in [6.45, 7) is 0.377. The molecule has 2 aromatic rings. The number of nitrogens with zero attached hydrogens (tertiary/aromatic N) is 2. The van der Waals surface area contributed by atoms with E-state index in [-0.39, 0.29) is 30.2 Å². The highest BCUT2D eigenvalue weighted by atomic mass is 32.2. The summed E-state index contributed by atoms with van der Waals surface area (Å²) in [4.78, 5) is 26.0. The van der Waals surface area contributed by atoms with Gasteiger partial charge in [0.2, 0.25) is 0 Å². The lowest BCUT2D eigenvalue weighted by molar-refractivity contribution is -0.117. The second-order valence-corrected chi connectivity index (χ2v) is 10.3. The van der Waals surface area contributed by atoms with Gasteiger partial charge in [-0.2, -0.15) is 8.42 Å². The Bertz CT molecular complexity index is 1320. The van der Waals surface area contributed by atoms with Gasteiger partial charge in [0.1, 0.15) is 30.3 Å². The normalized spacial score (nSPS) is 19.6. The number of urea groups is 1. The molecular formula is C24H25FN4O6S. The number of allylic oxidation sites excluding steroid dienone is 1. The molecule has 190 valence electrons. The third-order valence-electron chi connectivity index (χ3n) is 6.20. The molecule has 0 unspecified atom stereocenters. The van der Waals surface area contributed by atoms with E-state index in [9.17, 15) is 18.0 Å². The summed E-state index contributed by atoms with van der Waals surface area (Å²) in [6, 6.07) is 10.3. The molecule has 0 spiro atoms. The van der Waals surface area contributed by atoms with Crippen molar-refractivity contribution in [1.82, 2.24) is 14.9 Å². The lowest BCUT2D eigenvalue weighted by Crippen LogP contribution is -2.41. The molecule has 2 saturated heterocycles. The predicted octanol–water partition coefficient (Wildman–Crippen LogP) is 2.31. The molecule has 0 radical (unpaired) electrons. The second-order valence-electron chi connectivity index (χ2n) is 8.67. The van der Waals surface area contributed by atoms with Gasteiger partial charge in [0.05, 0.1) is 13.2 Å². The molecule has 2 fully saturated rings. The average Bonchev–Trinajstić information content (AvgIpc) is 3.48. The van der Waals surface area contributed by atoms with Gasteiger partial charge in [-0.1, -0.05) is 30.3 Å². The molecule has 2 aromatic carbocycles. The number of anilines is 1. The van der Waals surface area contributed by atoms with Gasteiger partial charge < -0.3 is 19.7 Å². The number of benzene rings is 2. The third kappa shape index (κ3) is 4.81. The largest absolute Gasteiger partial charge is 0.496 e. The Hall–Kier alpha value is -3.80. The van der Waals surface area contributed by atoms with Crippen molar-refractivity contribution in [3.63, 3.8) is 0 Å². The maximum atomic E-state index is 16.0. The van der Waals surface area contributed by atoms with Crippen LogP contribution >= 0.6 is 0 Å². The van der Waals surface area contributed by atoms with Crippen molar-refractivity contribution in [2.75, 3.05) is 24.0 Å². The first-order chi connectivity index (χ1) is 17.3. The van der Waals surface area contributed by atoms with Gasteiger partial charge in [-0.25, -0.2) is 18.2 Å². The summed E-state index contributed by atoms with van der Waals surface area (Å²) < 4.78 is 55.0. The number of ether oxygens (including phenoxy) is 2. The molecule has 3 amide bonds. The minimum atomic E-state index is -4.29. The fourth-order valence-electron chi connectivity index (χ4n) is 4.39. The number of amides is 3. The molecule has 0 atom stereocenters. The highest BCUT2D eigenvalue weighted by molar-refractivity contribution is 7.92. The third-order valence-corrected chi connectivity index (χ3v) is 7.58. The molecular weight excluding hydrogens is 491 g/mol. The Labute approximate surface area is 207 Å². The Morgan fingerprint density at radius 2 is 2.03 bits per heavy atom. The molecule has 3 heterocycles. The zero-order chi connectivity index (χ0) is 25.3. The molecule has 0 aliphatic carbocycles. The molecule has 2 N–H and O–H groups in total. The number of fused-ring (bicyclic) bond motifs is 1. The first kappa shape index (κ1) is 23.9. The van der Waals surface area contributed by atoms with Crippen molar-refractivity contribution in [2.24, 2.45) is 0 Å². The van der Waals surface area contributed by atoms with Crippen molar-refractivity contribution in [3.8, 4) is 5.75 Å². The fourth-order valence-corrected chi connectivity index (χ4v) is 5.55. The molecule has 3 aliphatic heterocycles. The first-order valence-electron chi connectivity index (χ1n) is 11.5. The SMILES string of the molecule is O=C1CN(c2c(OCc3ccccc3)cc3c(c2F)CN(C(=O)NC=C2CCCO2)CC3)S(=O)(=O)N1. The van der Waals surface area contributed by atoms with E-state index in [0.29, 0.717) is 35.2 Å². The quantitative estimate of drug-likeness (QED) is 0.630. The van der Waals surface area contributed by atoms with E-state index in [1.165, 1.54) is 11.1 Å². The lowest BCUT2D eigenvalue weighted by atomic mass is 9.97. The van der Waals surface area contributed by atoms with Crippen LogP contribution in [-0.4, -0.2) is 45.0 Å². The summed E-state index contributed by atoms with van der Waals surface area (Å²) in [5, 5.41) is 2.67. The van der Waals surface area contributed by atoms with Crippen LogP contribution in [0.2, 0.25) is 0 Å². The summed E-state index contributed by atoms with van der Waals surface area (Å²) in [5.74, 6) is -0.919. The van der Waals surface area contributed by atoms with E-state index >= 15 is 4.39 Å². The second kappa shape index (κ2) is 9.69. The number of halogens is 1. The summed E-state index contributed by atoms with van der Waals surface area (Å²) >= 11 is 0. The summed E-state index contributed by atoms with van der Waals surface area (Å²) in [7, 11) is -4.29. The molecule has 0 aromatic heterocycles. The van der Waals surface area contributed by atoms with E-state index in [4.69, 9.17) is 9.47 Å². The maximum absolute atomic E-state index is 16.0. The number of hydrogen-bond acceptors (Lipinski definition) is 6. The Morgan fingerprint density at radius 3 is 2.72 bits per heavy atom. The predicted molar refractivity (Wildman–Crippen MR) is 127 cm³/mol. The molecule has 12 heteroatoms. The Morgan fingerprint density at radius 1 is 1.22 bits per heavy atom. The fraction of sp³-hybridized carbons (Fsp3) is 0.333. The van der Waals surface area contributed by atoms with Crippen molar-refractivity contribution < 1.29 is 31.9 Å². The van der Waals surface area contributed by atoms with Crippen molar-refractivity contribution >= 4 is 27.8 Å². The maximum Gasteiger partial charge on any atom is 0.326 e. The summed E-state index contributed by atoms with van der Waals surface area (Å²) in [6.07, 6.45) is 3.49. The zero-order valence-corrected chi connectivity index (χ0v) is 20.1. The van der Waals surface area contributed by atoms with E-state index in [0.717, 1.165) is 18.4 Å². The van der Waals surface area contributed by atoms with Crippen molar-refractivity contribution in [3.05, 3.63) is 70.9 Å². The monoisotopic (exact) mass is 516 g/mol. The molecule has 5 rings (SSSR count). The number of hydrogen-bond donors (Lipinski definition) is 2. The number of carbonyl (C=O) groups is 2. The zero-order valence-electron chi connectivity index (χ0n) is 19.3. The van der Waals surface area contributed by atoms with Crippen LogP contribution < -0.4 is 19.1 Å². The van der Waals surface area contributed by atoms with Gasteiger partial charge in [0.25, 0.3) is 5.91 Å². The van der Waals surface area contributed by atoms with Crippen molar-refractivity contribution in [1.29, 1.82) is 0 Å². The molecule has 0 bridgehead atoms. The van der Waals surface area contributed by atoms with Gasteiger partial charge >= 0.3 is 16.2 Å². The van der Waals surface area contributed by atoms with Gasteiger partial charge in [-0.15, -0.1) is 0 Å². The Balaban J connectivity index is 1.46. The van der Waals surface area contributed by atoms with Crippen molar-refractivity contribution in [2.45, 2.75) is 32.4 Å². The standard InChI is InChI=1S/C24H25FN4O6S/c25-22-19-13-28(24(31)26-12-18-7-4-10-34-18)9-8-17(19)11-20(35-15-16-5-2-1-3-6-16)23(22)29-14-21(30)27-36(29,32)33/h1-3,5-6,11-12H,4,7-10,13-15H2,(H,26,31)(H,27,30). The van der Waals surface area contributed by atoms with Crippen LogP contribution in [0.4, 0.5) is 14.9 Å². The summed E-state index contributed by atoms with van der Waals surface area (Å²) in [5.41, 5.74) is 1.24. The van der Waals surface area contributed by atoms with Crippen LogP contribution in [0.1, 0.15) is 29.5 Å². The number of rotatable bonds is 5. The minimum Gasteiger partial charge on any atom is -0.496 e. The van der Waals surface area contributed by atoms with Crippen LogP contribution in [0.15, 0.2) is 48.4 Å². The van der Waals surface area contributed by atoms with Crippen LogP contribution in [0.5, 0.6) is 5.75 Å². The van der Waals surface area contributed by atoms with Crippen LogP contribution in [0.3, 0.4) is 0 Å². The molecule has 0 saturated carbocycles. The van der Waals surface area contributed by atoms with Crippen LogP contribution in [0, 0.1) is 5.82 Å². The lowest BCUT2D eigenvalue weighted by Gasteiger charge is -2.31. The average molecular weight is 517 g/mol. The van der Waals surface area contributed by atoms with Gasteiger partial charge in [0, 0.05) is 24.7 Å². The smallest absolute Gasteiger partial charge is 0.326 e. The van der Waals surface area contributed by atoms with E-state index in [1.54, 1.807) is 6.07 Å². The van der Waals surface area contributed by atoms with E-state index < -0.39 is 34.5 Å². The molecule has 3 aliphatic rings. The highest BCUT2D eigenvalue weighted by Crippen LogP contribution is 2.40. The minimum absolute atomic E-state index is 0.0104. The molecule has 36 heavy (non-hydrogen) atoms. The van der Waals surface area contributed by atoms with Gasteiger partial charge in [-0.05, 0) is 30.0 Å². The highest BCUT2D eigenvalue weighted by Gasteiger charge is 2.39. The number of carbonyl (C=O) groups excluding carboxylic acids is 2. The van der Waals surface area contributed by atoms with E-state index in [2.05, 4.69) is 5.32 Å². The van der Waals surface area contributed by atoms with E-state index in [1.807, 2.05) is 35.1 Å². The number of nitrogens with one attached hydrogen (secondary N) is 2. The van der Waals surface area contributed by atoms with Gasteiger partial charge in [0.15, 0.2) is 5.82 Å². The topological polar surface area (TPSA) is 117 Å².